The van der Waals surface area contributed by atoms with Crippen molar-refractivity contribution in [3.8, 4) is 0 Å². The molecule has 2 rings (SSSR count). The van der Waals surface area contributed by atoms with Crippen molar-refractivity contribution >= 4 is 27.5 Å². The lowest BCUT2D eigenvalue weighted by atomic mass is 9.87. The van der Waals surface area contributed by atoms with Crippen molar-refractivity contribution < 1.29 is 5.11 Å². The molecule has 4 heteroatoms. The molecule has 0 saturated heterocycles. The summed E-state index contributed by atoms with van der Waals surface area (Å²) in [5.41, 5.74) is 8.73. The van der Waals surface area contributed by atoms with Gasteiger partial charge in [0.1, 0.15) is 0 Å². The topological polar surface area (TPSA) is 46.2 Å². The highest BCUT2D eigenvalue weighted by molar-refractivity contribution is 9.10. The van der Waals surface area contributed by atoms with Gasteiger partial charge in [-0.1, -0.05) is 51.8 Å². The summed E-state index contributed by atoms with van der Waals surface area (Å²) >= 11 is 9.51. The Morgan fingerprint density at radius 3 is 2.60 bits per heavy atom. The van der Waals surface area contributed by atoms with E-state index in [9.17, 15) is 5.11 Å². The fraction of sp³-hybridized carbons (Fsp3) is 0.250. The van der Waals surface area contributed by atoms with Gasteiger partial charge in [-0.25, -0.2) is 0 Å². The molecule has 2 nitrogen and oxygen atoms in total. The Bertz CT molecular complexity index is 603. The summed E-state index contributed by atoms with van der Waals surface area (Å²) < 4.78 is 0.982. The first-order valence-corrected chi connectivity index (χ1v) is 7.60. The zero-order chi connectivity index (χ0) is 14.7. The molecule has 106 valence electrons. The van der Waals surface area contributed by atoms with E-state index < -0.39 is 6.10 Å². The van der Waals surface area contributed by atoms with E-state index in [0.29, 0.717) is 11.6 Å². The molecule has 0 radical (unpaired) electrons. The van der Waals surface area contributed by atoms with Crippen LogP contribution < -0.4 is 5.73 Å². The van der Waals surface area contributed by atoms with E-state index in [1.54, 1.807) is 0 Å². The van der Waals surface area contributed by atoms with Crippen LogP contribution in [0, 0.1) is 6.92 Å². The second kappa shape index (κ2) is 6.72. The number of hydrogen-bond acceptors (Lipinski definition) is 2. The molecule has 0 aliphatic rings. The Labute approximate surface area is 132 Å². The quantitative estimate of drug-likeness (QED) is 0.865. The second-order valence-electron chi connectivity index (χ2n) is 4.80. The van der Waals surface area contributed by atoms with Gasteiger partial charge in [-0.05, 0) is 41.8 Å². The summed E-state index contributed by atoms with van der Waals surface area (Å²) in [7, 11) is 0. The van der Waals surface area contributed by atoms with Crippen LogP contribution in [0.25, 0.3) is 0 Å². The van der Waals surface area contributed by atoms with Crippen LogP contribution >= 0.6 is 27.5 Å². The van der Waals surface area contributed by atoms with Crippen molar-refractivity contribution in [3.63, 3.8) is 0 Å². The number of nitrogens with two attached hydrogens (primary N) is 1. The zero-order valence-corrected chi connectivity index (χ0v) is 13.5. The average molecular weight is 355 g/mol. The molecule has 0 heterocycles. The van der Waals surface area contributed by atoms with Gasteiger partial charge >= 0.3 is 0 Å². The fourth-order valence-electron chi connectivity index (χ4n) is 2.35. The Balaban J connectivity index is 2.39. The van der Waals surface area contributed by atoms with Crippen LogP contribution in [0.4, 0.5) is 0 Å². The summed E-state index contributed by atoms with van der Waals surface area (Å²) in [6.45, 7) is 2.33. The Kier molecular flexibility index (Phi) is 5.22. The predicted octanol–water partition coefficient (Wildman–Crippen LogP) is 4.19. The van der Waals surface area contributed by atoms with Gasteiger partial charge in [-0.15, -0.1) is 0 Å². The molecule has 0 aliphatic heterocycles. The van der Waals surface area contributed by atoms with E-state index in [4.69, 9.17) is 17.3 Å². The molecular formula is C16H17BrClNO. The molecule has 2 atom stereocenters. The summed E-state index contributed by atoms with van der Waals surface area (Å²) in [6.07, 6.45) is -0.657. The molecule has 0 aliphatic carbocycles. The third-order valence-electron chi connectivity index (χ3n) is 3.54. The van der Waals surface area contributed by atoms with Gasteiger partial charge in [-0.3, -0.25) is 0 Å². The molecule has 2 aromatic carbocycles. The first-order valence-electron chi connectivity index (χ1n) is 6.43. The van der Waals surface area contributed by atoms with Crippen molar-refractivity contribution in [1.29, 1.82) is 0 Å². The van der Waals surface area contributed by atoms with E-state index in [1.165, 1.54) is 0 Å². The van der Waals surface area contributed by atoms with E-state index in [1.807, 2.05) is 49.4 Å². The van der Waals surface area contributed by atoms with Crippen molar-refractivity contribution in [3.05, 3.63) is 68.7 Å². The Morgan fingerprint density at radius 1 is 1.25 bits per heavy atom. The van der Waals surface area contributed by atoms with Gasteiger partial charge in [0.15, 0.2) is 0 Å². The lowest BCUT2D eigenvalue weighted by Crippen LogP contribution is -2.20. The third kappa shape index (κ3) is 3.23. The van der Waals surface area contributed by atoms with Gasteiger partial charge in [0.05, 0.1) is 6.10 Å². The summed E-state index contributed by atoms with van der Waals surface area (Å²) in [4.78, 5) is 0. The minimum absolute atomic E-state index is 0.179. The van der Waals surface area contributed by atoms with Crippen LogP contribution in [0.5, 0.6) is 0 Å². The summed E-state index contributed by atoms with van der Waals surface area (Å²) in [5.74, 6) is -0.179. The normalized spacial score (nSPS) is 14.1. The molecule has 0 bridgehead atoms. The van der Waals surface area contributed by atoms with E-state index in [-0.39, 0.29) is 5.92 Å². The van der Waals surface area contributed by atoms with Crippen LogP contribution in [0.2, 0.25) is 5.02 Å². The molecular weight excluding hydrogens is 338 g/mol. The van der Waals surface area contributed by atoms with Gasteiger partial charge in [0.25, 0.3) is 0 Å². The smallest absolute Gasteiger partial charge is 0.0873 e. The maximum atomic E-state index is 10.7. The second-order valence-corrected chi connectivity index (χ2v) is 6.09. The monoisotopic (exact) mass is 353 g/mol. The number of benzene rings is 2. The average Bonchev–Trinajstić information content (AvgIpc) is 2.42. The van der Waals surface area contributed by atoms with Crippen LogP contribution in [0.1, 0.15) is 28.7 Å². The number of halogens is 2. The molecule has 0 saturated carbocycles. The Hall–Kier alpha value is -0.870. The zero-order valence-electron chi connectivity index (χ0n) is 11.2. The van der Waals surface area contributed by atoms with Crippen molar-refractivity contribution in [2.24, 2.45) is 5.73 Å². The van der Waals surface area contributed by atoms with Crippen LogP contribution in [0.15, 0.2) is 46.9 Å². The fourth-order valence-corrected chi connectivity index (χ4v) is 2.93. The number of rotatable bonds is 4. The number of aliphatic hydroxyl groups is 1. The molecule has 2 unspecified atom stereocenters. The van der Waals surface area contributed by atoms with E-state index in [2.05, 4.69) is 15.9 Å². The summed E-state index contributed by atoms with van der Waals surface area (Å²) in [6, 6.07) is 13.3. The minimum atomic E-state index is -0.657. The minimum Gasteiger partial charge on any atom is -0.388 e. The predicted molar refractivity (Wildman–Crippen MR) is 87.1 cm³/mol. The molecule has 20 heavy (non-hydrogen) atoms. The first-order chi connectivity index (χ1) is 9.54. The number of aliphatic hydroxyl groups excluding tert-OH is 1. The van der Waals surface area contributed by atoms with Crippen molar-refractivity contribution in [2.45, 2.75) is 18.9 Å². The van der Waals surface area contributed by atoms with E-state index in [0.717, 1.165) is 21.2 Å². The van der Waals surface area contributed by atoms with Crippen molar-refractivity contribution in [1.82, 2.24) is 0 Å². The lowest BCUT2D eigenvalue weighted by molar-refractivity contribution is 0.146. The molecule has 3 N–H and O–H groups in total. The maximum Gasteiger partial charge on any atom is 0.0873 e. The summed E-state index contributed by atoms with van der Waals surface area (Å²) in [5, 5.41) is 11.3. The highest BCUT2D eigenvalue weighted by Gasteiger charge is 2.23. The molecule has 2 aromatic rings. The SMILES string of the molecule is Cc1c(Br)cccc1C(O)C(CN)c1cccc(Cl)c1. The molecule has 0 amide bonds. The van der Waals surface area contributed by atoms with Crippen LogP contribution in [0.3, 0.4) is 0 Å². The van der Waals surface area contributed by atoms with Gasteiger partial charge < -0.3 is 10.8 Å². The van der Waals surface area contributed by atoms with Crippen molar-refractivity contribution in [2.75, 3.05) is 6.54 Å². The largest absolute Gasteiger partial charge is 0.388 e. The maximum absolute atomic E-state index is 10.7. The molecule has 0 spiro atoms. The third-order valence-corrected chi connectivity index (χ3v) is 4.63. The van der Waals surface area contributed by atoms with E-state index >= 15 is 0 Å². The molecule has 0 aromatic heterocycles. The highest BCUT2D eigenvalue weighted by Crippen LogP contribution is 2.34. The highest BCUT2D eigenvalue weighted by atomic mass is 79.9. The van der Waals surface area contributed by atoms with Crippen LogP contribution in [-0.4, -0.2) is 11.7 Å². The Morgan fingerprint density at radius 2 is 1.95 bits per heavy atom. The van der Waals surface area contributed by atoms with Gasteiger partial charge in [-0.2, -0.15) is 0 Å². The lowest BCUT2D eigenvalue weighted by Gasteiger charge is -2.24. The first kappa shape index (κ1) is 15.5. The number of hydrogen-bond donors (Lipinski definition) is 2. The van der Waals surface area contributed by atoms with Gasteiger partial charge in [0, 0.05) is 22.0 Å². The standard InChI is InChI=1S/C16H17BrClNO/c1-10-13(6-3-7-15(10)17)16(20)14(9-19)11-4-2-5-12(18)8-11/h2-8,14,16,20H,9,19H2,1H3. The van der Waals surface area contributed by atoms with Gasteiger partial charge in [0.2, 0.25) is 0 Å². The van der Waals surface area contributed by atoms with Crippen LogP contribution in [-0.2, 0) is 0 Å². The molecule has 0 fully saturated rings.